The molecule has 2 heterocycles. The maximum Gasteiger partial charge on any atom is 0.304 e. The van der Waals surface area contributed by atoms with E-state index in [0.29, 0.717) is 19.1 Å². The number of fused-ring (bicyclic) bond motifs is 2. The van der Waals surface area contributed by atoms with Gasteiger partial charge in [-0.2, -0.15) is 0 Å². The Morgan fingerprint density at radius 3 is 2.79 bits per heavy atom. The van der Waals surface area contributed by atoms with Crippen LogP contribution < -0.4 is 9.47 Å². The molecule has 2 aromatic carbocycles. The summed E-state index contributed by atoms with van der Waals surface area (Å²) < 4.78 is 12.5. The van der Waals surface area contributed by atoms with Crippen molar-refractivity contribution in [1.82, 2.24) is 0 Å². The number of halogens is 1. The van der Waals surface area contributed by atoms with E-state index in [1.165, 1.54) is 11.1 Å². The van der Waals surface area contributed by atoms with Gasteiger partial charge < -0.3 is 14.6 Å². The van der Waals surface area contributed by atoms with Crippen molar-refractivity contribution >= 4 is 21.9 Å². The Balaban J connectivity index is 1.54. The number of aliphatic carboxylic acids is 1. The average Bonchev–Trinajstić information content (AvgIpc) is 3.13. The third kappa shape index (κ3) is 2.77. The van der Waals surface area contributed by atoms with E-state index >= 15 is 0 Å². The van der Waals surface area contributed by atoms with Crippen LogP contribution in [0.25, 0.3) is 0 Å². The Kier molecular flexibility index (Phi) is 3.96. The molecule has 2 aliphatic rings. The van der Waals surface area contributed by atoms with E-state index in [-0.39, 0.29) is 12.3 Å². The Morgan fingerprint density at radius 1 is 1.12 bits per heavy atom. The van der Waals surface area contributed by atoms with Gasteiger partial charge in [-0.3, -0.25) is 4.79 Å². The number of rotatable bonds is 4. The molecule has 124 valence electrons. The summed E-state index contributed by atoms with van der Waals surface area (Å²) in [5.74, 6) is 1.27. The minimum Gasteiger partial charge on any atom is -0.493 e. The van der Waals surface area contributed by atoms with E-state index in [1.54, 1.807) is 0 Å². The summed E-state index contributed by atoms with van der Waals surface area (Å²) in [4.78, 5) is 10.9. The Labute approximate surface area is 148 Å². The molecule has 4 rings (SSSR count). The number of hydrogen-bond donors (Lipinski definition) is 1. The van der Waals surface area contributed by atoms with Gasteiger partial charge in [0, 0.05) is 23.0 Å². The van der Waals surface area contributed by atoms with Gasteiger partial charge in [0.1, 0.15) is 11.5 Å². The SMILES string of the molecule is O=C(O)C[C@@H]1COc2cc(C[C@@H]3COc4c(Br)cccc43)ccc21. The Hall–Kier alpha value is -2.01. The van der Waals surface area contributed by atoms with Crippen LogP contribution in [0.4, 0.5) is 0 Å². The molecule has 1 N–H and O–H groups in total. The van der Waals surface area contributed by atoms with Crippen molar-refractivity contribution in [3.05, 3.63) is 57.6 Å². The quantitative estimate of drug-likeness (QED) is 0.855. The normalized spacial score (nSPS) is 20.9. The summed E-state index contributed by atoms with van der Waals surface area (Å²) in [6, 6.07) is 12.3. The van der Waals surface area contributed by atoms with Crippen molar-refractivity contribution in [2.45, 2.75) is 24.7 Å². The van der Waals surface area contributed by atoms with Crippen molar-refractivity contribution < 1.29 is 19.4 Å². The molecule has 0 radical (unpaired) electrons. The summed E-state index contributed by atoms with van der Waals surface area (Å²) in [6.07, 6.45) is 0.994. The Morgan fingerprint density at radius 2 is 1.96 bits per heavy atom. The molecule has 4 nitrogen and oxygen atoms in total. The van der Waals surface area contributed by atoms with Gasteiger partial charge >= 0.3 is 5.97 Å². The van der Waals surface area contributed by atoms with E-state index in [0.717, 1.165) is 28.0 Å². The van der Waals surface area contributed by atoms with E-state index in [2.05, 4.69) is 28.1 Å². The molecule has 0 unspecified atom stereocenters. The second kappa shape index (κ2) is 6.13. The highest BCUT2D eigenvalue weighted by Crippen LogP contribution is 2.42. The highest BCUT2D eigenvalue weighted by Gasteiger charge is 2.29. The molecule has 0 spiro atoms. The third-order valence-corrected chi connectivity index (χ3v) is 5.35. The molecule has 0 saturated carbocycles. The Bertz CT molecular complexity index is 802. The van der Waals surface area contributed by atoms with Crippen LogP contribution in [0, 0.1) is 0 Å². The number of para-hydroxylation sites is 1. The predicted octanol–water partition coefficient (Wildman–Crippen LogP) is 4.12. The first-order valence-corrected chi connectivity index (χ1v) is 8.79. The maximum absolute atomic E-state index is 10.9. The minimum atomic E-state index is -0.786. The van der Waals surface area contributed by atoms with E-state index < -0.39 is 5.97 Å². The number of hydrogen-bond acceptors (Lipinski definition) is 3. The van der Waals surface area contributed by atoms with Crippen molar-refractivity contribution in [2.24, 2.45) is 0 Å². The molecular formula is C19H17BrO4. The first-order chi connectivity index (χ1) is 11.6. The highest BCUT2D eigenvalue weighted by molar-refractivity contribution is 9.10. The fourth-order valence-electron chi connectivity index (χ4n) is 3.55. The third-order valence-electron chi connectivity index (χ3n) is 4.73. The van der Waals surface area contributed by atoms with Crippen molar-refractivity contribution in [1.29, 1.82) is 0 Å². The molecule has 0 aliphatic carbocycles. The largest absolute Gasteiger partial charge is 0.493 e. The van der Waals surface area contributed by atoms with Crippen LogP contribution in [0.3, 0.4) is 0 Å². The molecule has 0 amide bonds. The molecule has 2 aliphatic heterocycles. The first kappa shape index (κ1) is 15.5. The van der Waals surface area contributed by atoms with Gasteiger partial charge in [-0.15, -0.1) is 0 Å². The van der Waals surface area contributed by atoms with Crippen molar-refractivity contribution in [3.63, 3.8) is 0 Å². The molecule has 5 heteroatoms. The van der Waals surface area contributed by atoms with Gasteiger partial charge in [-0.1, -0.05) is 24.3 Å². The van der Waals surface area contributed by atoms with E-state index in [4.69, 9.17) is 14.6 Å². The van der Waals surface area contributed by atoms with Crippen LogP contribution >= 0.6 is 15.9 Å². The molecular weight excluding hydrogens is 372 g/mol. The minimum absolute atomic E-state index is 0.0435. The van der Waals surface area contributed by atoms with Crippen molar-refractivity contribution in [2.75, 3.05) is 13.2 Å². The fourth-order valence-corrected chi connectivity index (χ4v) is 4.05. The second-order valence-corrected chi connectivity index (χ2v) is 7.20. The van der Waals surface area contributed by atoms with Gasteiger partial charge in [0.25, 0.3) is 0 Å². The summed E-state index contributed by atoms with van der Waals surface area (Å²) in [7, 11) is 0. The standard InChI is InChI=1S/C19H17BrO4/c20-16-3-1-2-15-12(10-24-19(15)16)6-11-4-5-14-13(8-18(21)22)9-23-17(14)7-11/h1-5,7,12-13H,6,8-10H2,(H,21,22)/t12-,13-/m1/s1. The molecule has 0 aromatic heterocycles. The zero-order chi connectivity index (χ0) is 16.7. The van der Waals surface area contributed by atoms with Crippen LogP contribution in [0.2, 0.25) is 0 Å². The molecule has 2 atom stereocenters. The van der Waals surface area contributed by atoms with Crippen LogP contribution in [-0.2, 0) is 11.2 Å². The number of carboxylic acid groups (broad SMARTS) is 1. The molecule has 0 fully saturated rings. The van der Waals surface area contributed by atoms with Crippen LogP contribution in [0.1, 0.15) is 34.9 Å². The van der Waals surface area contributed by atoms with E-state index in [1.807, 2.05) is 24.3 Å². The average molecular weight is 389 g/mol. The fraction of sp³-hybridized carbons (Fsp3) is 0.316. The maximum atomic E-state index is 10.9. The van der Waals surface area contributed by atoms with Gasteiger partial charge in [0.15, 0.2) is 0 Å². The van der Waals surface area contributed by atoms with Gasteiger partial charge in [-0.05, 0) is 40.0 Å². The van der Waals surface area contributed by atoms with Crippen molar-refractivity contribution in [3.8, 4) is 11.5 Å². The lowest BCUT2D eigenvalue weighted by Crippen LogP contribution is -2.07. The number of carboxylic acids is 1. The lowest BCUT2D eigenvalue weighted by Gasteiger charge is -2.11. The second-order valence-electron chi connectivity index (χ2n) is 6.35. The van der Waals surface area contributed by atoms with Crippen LogP contribution in [0.15, 0.2) is 40.9 Å². The molecule has 24 heavy (non-hydrogen) atoms. The van der Waals surface area contributed by atoms with Gasteiger partial charge in [0.05, 0.1) is 24.1 Å². The zero-order valence-electron chi connectivity index (χ0n) is 13.0. The highest BCUT2D eigenvalue weighted by atomic mass is 79.9. The smallest absolute Gasteiger partial charge is 0.304 e. The number of ether oxygens (including phenoxy) is 2. The van der Waals surface area contributed by atoms with Gasteiger partial charge in [0.2, 0.25) is 0 Å². The number of benzene rings is 2. The summed E-state index contributed by atoms with van der Waals surface area (Å²) >= 11 is 3.53. The van der Waals surface area contributed by atoms with Crippen LogP contribution in [0.5, 0.6) is 11.5 Å². The first-order valence-electron chi connectivity index (χ1n) is 8.00. The van der Waals surface area contributed by atoms with E-state index in [9.17, 15) is 4.79 Å². The molecule has 0 saturated heterocycles. The molecule has 0 bridgehead atoms. The number of carbonyl (C=O) groups is 1. The monoisotopic (exact) mass is 388 g/mol. The summed E-state index contributed by atoms with van der Waals surface area (Å²) in [6.45, 7) is 1.13. The summed E-state index contributed by atoms with van der Waals surface area (Å²) in [5.41, 5.74) is 3.42. The van der Waals surface area contributed by atoms with Gasteiger partial charge in [-0.25, -0.2) is 0 Å². The van der Waals surface area contributed by atoms with Crippen LogP contribution in [-0.4, -0.2) is 24.3 Å². The summed E-state index contributed by atoms with van der Waals surface area (Å²) in [5, 5.41) is 8.99. The lowest BCUT2D eigenvalue weighted by atomic mass is 9.91. The topological polar surface area (TPSA) is 55.8 Å². The lowest BCUT2D eigenvalue weighted by molar-refractivity contribution is -0.137. The molecule has 2 aromatic rings. The zero-order valence-corrected chi connectivity index (χ0v) is 14.6. The predicted molar refractivity (Wildman–Crippen MR) is 93.0 cm³/mol.